The Kier molecular flexibility index (Phi) is 7.59. The lowest BCUT2D eigenvalue weighted by atomic mass is 10.2. The number of rotatable bonds is 8. The van der Waals surface area contributed by atoms with Crippen LogP contribution in [0.3, 0.4) is 0 Å². The van der Waals surface area contributed by atoms with Gasteiger partial charge in [0.2, 0.25) is 5.91 Å². The van der Waals surface area contributed by atoms with Crippen molar-refractivity contribution in [1.82, 2.24) is 9.88 Å². The van der Waals surface area contributed by atoms with Crippen molar-refractivity contribution in [3.8, 4) is 0 Å². The SMILES string of the molecule is Cc1cc(Cl)cc2sc(N(CCN(C)C)C(=O)CCS(=O)(=O)c3ccc(Cl)cc3)nc12. The van der Waals surface area contributed by atoms with Gasteiger partial charge in [-0.15, -0.1) is 0 Å². The van der Waals surface area contributed by atoms with Gasteiger partial charge in [0.15, 0.2) is 15.0 Å². The fourth-order valence-electron chi connectivity index (χ4n) is 3.00. The molecule has 0 unspecified atom stereocenters. The van der Waals surface area contributed by atoms with Gasteiger partial charge < -0.3 is 4.90 Å². The Hall–Kier alpha value is -1.71. The van der Waals surface area contributed by atoms with Crippen molar-refractivity contribution in [2.75, 3.05) is 37.8 Å². The van der Waals surface area contributed by atoms with Gasteiger partial charge in [-0.3, -0.25) is 9.69 Å². The van der Waals surface area contributed by atoms with Crippen molar-refractivity contribution in [1.29, 1.82) is 0 Å². The van der Waals surface area contributed by atoms with Crippen molar-refractivity contribution in [2.45, 2.75) is 18.2 Å². The third-order valence-corrected chi connectivity index (χ3v) is 7.93. The lowest BCUT2D eigenvalue weighted by Crippen LogP contribution is -2.37. The van der Waals surface area contributed by atoms with Crippen LogP contribution < -0.4 is 4.90 Å². The second kappa shape index (κ2) is 9.83. The third-order valence-electron chi connectivity index (χ3n) is 4.70. The molecule has 2 aromatic carbocycles. The molecule has 1 aromatic heterocycles. The molecule has 0 saturated carbocycles. The summed E-state index contributed by atoms with van der Waals surface area (Å²) in [6.07, 6.45) is -0.145. The van der Waals surface area contributed by atoms with E-state index < -0.39 is 9.84 Å². The van der Waals surface area contributed by atoms with Crippen LogP contribution in [0.2, 0.25) is 10.0 Å². The number of likely N-dealkylation sites (N-methyl/N-ethyl adjacent to an activating group) is 1. The van der Waals surface area contributed by atoms with E-state index in [1.807, 2.05) is 38.1 Å². The highest BCUT2D eigenvalue weighted by Crippen LogP contribution is 2.33. The number of anilines is 1. The Morgan fingerprint density at radius 2 is 1.74 bits per heavy atom. The second-order valence-corrected chi connectivity index (χ2v) is 11.4. The molecular weight excluding hydrogens is 477 g/mol. The monoisotopic (exact) mass is 499 g/mol. The van der Waals surface area contributed by atoms with Crippen LogP contribution in [0.4, 0.5) is 5.13 Å². The van der Waals surface area contributed by atoms with Crippen molar-refractivity contribution in [3.63, 3.8) is 0 Å². The van der Waals surface area contributed by atoms with Crippen LogP contribution in [-0.2, 0) is 14.6 Å². The van der Waals surface area contributed by atoms with Gasteiger partial charge in [0.25, 0.3) is 0 Å². The Bertz CT molecular complexity index is 1190. The molecule has 10 heteroatoms. The van der Waals surface area contributed by atoms with Crippen LogP contribution in [-0.4, -0.2) is 57.1 Å². The maximum Gasteiger partial charge on any atom is 0.229 e. The molecule has 0 aliphatic carbocycles. The van der Waals surface area contributed by atoms with E-state index in [4.69, 9.17) is 23.2 Å². The van der Waals surface area contributed by atoms with Crippen molar-refractivity contribution >= 4 is 65.6 Å². The molecule has 1 heterocycles. The Morgan fingerprint density at radius 3 is 2.39 bits per heavy atom. The molecule has 0 saturated heterocycles. The largest absolute Gasteiger partial charge is 0.308 e. The highest BCUT2D eigenvalue weighted by molar-refractivity contribution is 7.91. The number of aryl methyl sites for hydroxylation is 1. The number of fused-ring (bicyclic) bond motifs is 1. The van der Waals surface area contributed by atoms with Crippen LogP contribution in [0.15, 0.2) is 41.3 Å². The molecule has 166 valence electrons. The molecule has 3 aromatic rings. The standard InChI is InChI=1S/C21H23Cl2N3O3S2/c1-14-12-16(23)13-18-20(14)24-21(30-18)26(10-9-25(2)3)19(27)8-11-31(28,29)17-6-4-15(22)5-7-17/h4-7,12-13H,8-11H2,1-3H3. The molecule has 0 aliphatic rings. The molecule has 0 fully saturated rings. The topological polar surface area (TPSA) is 70.6 Å². The summed E-state index contributed by atoms with van der Waals surface area (Å²) in [6, 6.07) is 9.60. The number of sulfone groups is 1. The van der Waals surface area contributed by atoms with Gasteiger partial charge in [-0.2, -0.15) is 0 Å². The number of hydrogen-bond donors (Lipinski definition) is 0. The zero-order valence-corrected chi connectivity index (χ0v) is 20.6. The van der Waals surface area contributed by atoms with Gasteiger partial charge in [-0.05, 0) is 63.0 Å². The number of carbonyl (C=O) groups is 1. The van der Waals surface area contributed by atoms with E-state index in [-0.39, 0.29) is 23.0 Å². The molecule has 3 rings (SSSR count). The van der Waals surface area contributed by atoms with Crippen LogP contribution >= 0.6 is 34.5 Å². The minimum absolute atomic E-state index is 0.145. The van der Waals surface area contributed by atoms with Crippen molar-refractivity contribution in [2.24, 2.45) is 0 Å². The van der Waals surface area contributed by atoms with E-state index in [2.05, 4.69) is 4.98 Å². The van der Waals surface area contributed by atoms with Crippen molar-refractivity contribution < 1.29 is 13.2 Å². The molecule has 1 amide bonds. The summed E-state index contributed by atoms with van der Waals surface area (Å²) in [7, 11) is 0.218. The number of nitrogens with zero attached hydrogens (tertiary/aromatic N) is 3. The van der Waals surface area contributed by atoms with Gasteiger partial charge in [0.1, 0.15) is 0 Å². The van der Waals surface area contributed by atoms with E-state index >= 15 is 0 Å². The van der Waals surface area contributed by atoms with Gasteiger partial charge in [0, 0.05) is 29.6 Å². The van der Waals surface area contributed by atoms with Gasteiger partial charge in [0.05, 0.1) is 20.9 Å². The first-order valence-electron chi connectivity index (χ1n) is 9.57. The molecular formula is C21H23Cl2N3O3S2. The molecule has 0 spiro atoms. The first kappa shape index (κ1) is 23.9. The fourth-order valence-corrected chi connectivity index (χ4v) is 5.82. The Labute approximate surface area is 196 Å². The number of benzene rings is 2. The van der Waals surface area contributed by atoms with Crippen molar-refractivity contribution in [3.05, 3.63) is 52.0 Å². The normalized spacial score (nSPS) is 11.9. The average molecular weight is 500 g/mol. The van der Waals surface area contributed by atoms with E-state index in [0.717, 1.165) is 15.8 Å². The van der Waals surface area contributed by atoms with Crippen LogP contribution in [0, 0.1) is 6.92 Å². The minimum atomic E-state index is -3.61. The zero-order valence-electron chi connectivity index (χ0n) is 17.4. The molecule has 0 radical (unpaired) electrons. The van der Waals surface area contributed by atoms with E-state index in [1.165, 1.54) is 35.6 Å². The zero-order chi connectivity index (χ0) is 22.8. The first-order valence-corrected chi connectivity index (χ1v) is 12.8. The quantitative estimate of drug-likeness (QED) is 0.450. The number of hydrogen-bond acceptors (Lipinski definition) is 6. The summed E-state index contributed by atoms with van der Waals surface area (Å²) in [4.78, 5) is 21.4. The summed E-state index contributed by atoms with van der Waals surface area (Å²) in [5, 5.41) is 1.60. The first-order chi connectivity index (χ1) is 14.6. The highest BCUT2D eigenvalue weighted by atomic mass is 35.5. The van der Waals surface area contributed by atoms with E-state index in [9.17, 15) is 13.2 Å². The number of amides is 1. The smallest absolute Gasteiger partial charge is 0.229 e. The number of aromatic nitrogens is 1. The number of thiazole rings is 1. The minimum Gasteiger partial charge on any atom is -0.308 e. The number of halogens is 2. The van der Waals surface area contributed by atoms with Crippen LogP contribution in [0.25, 0.3) is 10.2 Å². The lowest BCUT2D eigenvalue weighted by molar-refractivity contribution is -0.118. The number of carbonyl (C=O) groups excluding carboxylic acids is 1. The molecule has 0 bridgehead atoms. The van der Waals surface area contributed by atoms with Gasteiger partial charge in [-0.25, -0.2) is 13.4 Å². The maximum absolute atomic E-state index is 13.1. The van der Waals surface area contributed by atoms with E-state index in [1.54, 1.807) is 4.90 Å². The maximum atomic E-state index is 13.1. The third kappa shape index (κ3) is 5.96. The lowest BCUT2D eigenvalue weighted by Gasteiger charge is -2.22. The summed E-state index contributed by atoms with van der Waals surface area (Å²) in [6.45, 7) is 2.94. The second-order valence-electron chi connectivity index (χ2n) is 7.44. The van der Waals surface area contributed by atoms with Crippen LogP contribution in [0.1, 0.15) is 12.0 Å². The molecule has 6 nitrogen and oxygen atoms in total. The summed E-state index contributed by atoms with van der Waals surface area (Å²) >= 11 is 13.4. The molecule has 31 heavy (non-hydrogen) atoms. The Balaban J connectivity index is 1.84. The van der Waals surface area contributed by atoms with Gasteiger partial charge in [-0.1, -0.05) is 34.5 Å². The Morgan fingerprint density at radius 1 is 1.06 bits per heavy atom. The molecule has 0 aliphatic heterocycles. The van der Waals surface area contributed by atoms with E-state index in [0.29, 0.717) is 28.3 Å². The van der Waals surface area contributed by atoms with Gasteiger partial charge >= 0.3 is 0 Å². The predicted molar refractivity (Wildman–Crippen MR) is 128 cm³/mol. The average Bonchev–Trinajstić information content (AvgIpc) is 3.10. The predicted octanol–water partition coefficient (Wildman–Crippen LogP) is 4.67. The summed E-state index contributed by atoms with van der Waals surface area (Å²) in [5.41, 5.74) is 1.72. The van der Waals surface area contributed by atoms with Crippen LogP contribution in [0.5, 0.6) is 0 Å². The fraction of sp³-hybridized carbons (Fsp3) is 0.333. The molecule has 0 N–H and O–H groups in total. The highest BCUT2D eigenvalue weighted by Gasteiger charge is 2.23. The molecule has 0 atom stereocenters. The summed E-state index contributed by atoms with van der Waals surface area (Å²) < 4.78 is 26.2. The summed E-state index contributed by atoms with van der Waals surface area (Å²) in [5.74, 6) is -0.580.